The molecule has 4 rings (SSSR count). The number of amides is 2. The van der Waals surface area contributed by atoms with Crippen molar-refractivity contribution in [2.24, 2.45) is 11.8 Å². The first kappa shape index (κ1) is 29.6. The van der Waals surface area contributed by atoms with Gasteiger partial charge in [-0.2, -0.15) is 0 Å². The van der Waals surface area contributed by atoms with Gasteiger partial charge in [-0.25, -0.2) is 0 Å². The highest BCUT2D eigenvalue weighted by Crippen LogP contribution is 2.64. The topological polar surface area (TPSA) is 96.4 Å². The summed E-state index contributed by atoms with van der Waals surface area (Å²) in [5.41, 5.74) is -0.542. The number of nitrogens with zero attached hydrogens (tertiary/aromatic N) is 2. The van der Waals surface area contributed by atoms with E-state index in [-0.39, 0.29) is 31.6 Å². The standard InChI is InChI=1S/C30H41ClN2O6/c1-5-17-32(24-20(4)13-12-14-21(24)31)27(36)25-30-16-15-29(6-2,39-30)23(28(37)38-7-3)22(30)26(35)33(25)18-10-8-9-11-19-34/h5,12-14,22-23,25,34H,1,6-11,15-19H2,2-4H3/t22-,23-,25?,29+,30?/m0/s1. The predicted octanol–water partition coefficient (Wildman–Crippen LogP) is 4.44. The van der Waals surface area contributed by atoms with Crippen molar-refractivity contribution in [3.05, 3.63) is 41.4 Å². The zero-order chi connectivity index (χ0) is 28.4. The van der Waals surface area contributed by atoms with Crippen molar-refractivity contribution < 1.29 is 29.0 Å². The van der Waals surface area contributed by atoms with Crippen LogP contribution in [0, 0.1) is 18.8 Å². The summed E-state index contributed by atoms with van der Waals surface area (Å²) in [7, 11) is 0. The van der Waals surface area contributed by atoms with E-state index in [1.165, 1.54) is 0 Å². The van der Waals surface area contributed by atoms with Crippen LogP contribution in [0.1, 0.15) is 64.4 Å². The fourth-order valence-corrected chi connectivity index (χ4v) is 7.43. The van der Waals surface area contributed by atoms with Gasteiger partial charge in [0.2, 0.25) is 5.91 Å². The Labute approximate surface area is 236 Å². The number of hydrogen-bond donors (Lipinski definition) is 1. The third-order valence-electron chi connectivity index (χ3n) is 8.80. The second kappa shape index (κ2) is 12.0. The highest BCUT2D eigenvalue weighted by atomic mass is 35.5. The Morgan fingerprint density at radius 1 is 1.26 bits per heavy atom. The fourth-order valence-electron chi connectivity index (χ4n) is 7.11. The molecule has 3 fully saturated rings. The van der Waals surface area contributed by atoms with Gasteiger partial charge in [-0.3, -0.25) is 14.4 Å². The summed E-state index contributed by atoms with van der Waals surface area (Å²) in [4.78, 5) is 45.4. The smallest absolute Gasteiger partial charge is 0.312 e. The number of likely N-dealkylation sites (tertiary alicyclic amines) is 1. The summed E-state index contributed by atoms with van der Waals surface area (Å²) in [6, 6.07) is 4.57. The number of benzene rings is 1. The lowest BCUT2D eigenvalue weighted by Gasteiger charge is -2.37. The highest BCUT2D eigenvalue weighted by molar-refractivity contribution is 6.34. The summed E-state index contributed by atoms with van der Waals surface area (Å²) in [5.74, 6) is -2.48. The third kappa shape index (κ3) is 4.89. The number of carbonyl (C=O) groups is 3. The van der Waals surface area contributed by atoms with Crippen molar-refractivity contribution in [3.63, 3.8) is 0 Å². The molecule has 0 aromatic heterocycles. The monoisotopic (exact) mass is 560 g/mol. The highest BCUT2D eigenvalue weighted by Gasteiger charge is 2.79. The van der Waals surface area contributed by atoms with E-state index in [1.807, 2.05) is 26.0 Å². The fraction of sp³-hybridized carbons (Fsp3) is 0.633. The molecule has 5 atom stereocenters. The number of carbonyl (C=O) groups excluding carboxylic acids is 3. The van der Waals surface area contributed by atoms with Crippen molar-refractivity contribution in [1.29, 1.82) is 0 Å². The Kier molecular flexibility index (Phi) is 9.08. The first-order valence-corrected chi connectivity index (χ1v) is 14.6. The molecule has 3 aliphatic rings. The van der Waals surface area contributed by atoms with Crippen LogP contribution in [0.15, 0.2) is 30.9 Å². The molecule has 1 aromatic rings. The molecule has 3 saturated heterocycles. The van der Waals surface area contributed by atoms with Crippen LogP contribution in [0.4, 0.5) is 5.69 Å². The van der Waals surface area contributed by atoms with Crippen LogP contribution in [0.2, 0.25) is 5.02 Å². The van der Waals surface area contributed by atoms with E-state index in [0.29, 0.717) is 49.4 Å². The number of aryl methyl sites for hydroxylation is 1. The Morgan fingerprint density at radius 3 is 2.64 bits per heavy atom. The largest absolute Gasteiger partial charge is 0.466 e. The van der Waals surface area contributed by atoms with Gasteiger partial charge in [0, 0.05) is 19.7 Å². The quantitative estimate of drug-likeness (QED) is 0.218. The molecule has 214 valence electrons. The van der Waals surface area contributed by atoms with Crippen LogP contribution < -0.4 is 4.90 Å². The SMILES string of the molecule is C=CCN(C(=O)C1N(CCCCCCO)C(=O)[C@@H]2[C@@H](C(=O)OCC)[C@@]3(CC)CCC12O3)c1c(C)cccc1Cl. The molecule has 39 heavy (non-hydrogen) atoms. The van der Waals surface area contributed by atoms with E-state index in [9.17, 15) is 14.4 Å². The molecule has 1 N–H and O–H groups in total. The molecule has 1 spiro atoms. The summed E-state index contributed by atoms with van der Waals surface area (Å²) in [5, 5.41) is 9.59. The number of aliphatic hydroxyl groups is 1. The number of fused-ring (bicyclic) bond motifs is 1. The van der Waals surface area contributed by atoms with Crippen LogP contribution in [0.3, 0.4) is 0 Å². The summed E-state index contributed by atoms with van der Waals surface area (Å²) in [6.07, 6.45) is 6.28. The molecule has 0 aliphatic carbocycles. The van der Waals surface area contributed by atoms with Crippen molar-refractivity contribution in [2.75, 3.05) is 31.2 Å². The molecule has 8 nitrogen and oxygen atoms in total. The number of aliphatic hydroxyl groups excluding tert-OH is 1. The Hall–Kier alpha value is -2.42. The first-order chi connectivity index (χ1) is 18.7. The molecule has 2 unspecified atom stereocenters. The van der Waals surface area contributed by atoms with Crippen molar-refractivity contribution in [2.45, 2.75) is 83.0 Å². The number of hydrogen-bond acceptors (Lipinski definition) is 6. The number of esters is 1. The van der Waals surface area contributed by atoms with Gasteiger partial charge in [0.05, 0.1) is 28.8 Å². The lowest BCUT2D eigenvalue weighted by atomic mass is 9.65. The maximum Gasteiger partial charge on any atom is 0.312 e. The normalized spacial score (nSPS) is 29.0. The maximum absolute atomic E-state index is 14.6. The minimum Gasteiger partial charge on any atom is -0.466 e. The van der Waals surface area contributed by atoms with Gasteiger partial charge in [0.15, 0.2) is 0 Å². The molecule has 0 radical (unpaired) electrons. The van der Waals surface area contributed by atoms with Gasteiger partial charge >= 0.3 is 5.97 Å². The maximum atomic E-state index is 14.6. The molecule has 1 aromatic carbocycles. The van der Waals surface area contributed by atoms with Crippen LogP contribution in [0.25, 0.3) is 0 Å². The van der Waals surface area contributed by atoms with Gasteiger partial charge in [0.25, 0.3) is 5.91 Å². The van der Waals surface area contributed by atoms with Crippen LogP contribution in [-0.2, 0) is 23.9 Å². The number of anilines is 1. The second-order valence-corrected chi connectivity index (χ2v) is 11.3. The number of para-hydroxylation sites is 1. The first-order valence-electron chi connectivity index (χ1n) is 14.2. The van der Waals surface area contributed by atoms with E-state index >= 15 is 0 Å². The molecular weight excluding hydrogens is 520 g/mol. The molecule has 2 amide bonds. The van der Waals surface area contributed by atoms with E-state index in [1.54, 1.807) is 28.9 Å². The average molecular weight is 561 g/mol. The Morgan fingerprint density at radius 2 is 2.00 bits per heavy atom. The molecule has 3 aliphatic heterocycles. The molecule has 9 heteroatoms. The van der Waals surface area contributed by atoms with E-state index in [0.717, 1.165) is 18.4 Å². The third-order valence-corrected chi connectivity index (χ3v) is 9.10. The van der Waals surface area contributed by atoms with Crippen molar-refractivity contribution >= 4 is 35.1 Å². The zero-order valence-corrected chi connectivity index (χ0v) is 24.0. The zero-order valence-electron chi connectivity index (χ0n) is 23.3. The van der Waals surface area contributed by atoms with E-state index in [2.05, 4.69) is 6.58 Å². The summed E-state index contributed by atoms with van der Waals surface area (Å²) in [6.45, 7) is 10.4. The number of halogens is 1. The van der Waals surface area contributed by atoms with Crippen LogP contribution >= 0.6 is 11.6 Å². The second-order valence-electron chi connectivity index (χ2n) is 10.9. The molecule has 2 bridgehead atoms. The number of ether oxygens (including phenoxy) is 2. The lowest BCUT2D eigenvalue weighted by Crippen LogP contribution is -2.56. The van der Waals surface area contributed by atoms with Crippen molar-refractivity contribution in [3.8, 4) is 0 Å². The minimum atomic E-state index is -1.12. The van der Waals surface area contributed by atoms with Crippen LogP contribution in [0.5, 0.6) is 0 Å². The number of unbranched alkanes of at least 4 members (excludes halogenated alkanes) is 3. The predicted molar refractivity (Wildman–Crippen MR) is 149 cm³/mol. The van der Waals surface area contributed by atoms with Gasteiger partial charge in [-0.1, -0.05) is 49.6 Å². The van der Waals surface area contributed by atoms with Gasteiger partial charge in [-0.15, -0.1) is 6.58 Å². The Balaban J connectivity index is 1.79. The molecule has 0 saturated carbocycles. The minimum absolute atomic E-state index is 0.122. The number of rotatable bonds is 13. The van der Waals surface area contributed by atoms with Gasteiger partial charge in [0.1, 0.15) is 17.6 Å². The van der Waals surface area contributed by atoms with Gasteiger partial charge < -0.3 is 24.4 Å². The average Bonchev–Trinajstić information content (AvgIpc) is 3.51. The van der Waals surface area contributed by atoms with E-state index < -0.39 is 35.0 Å². The van der Waals surface area contributed by atoms with Gasteiger partial charge in [-0.05, 0) is 57.6 Å². The summed E-state index contributed by atoms with van der Waals surface area (Å²) < 4.78 is 12.3. The van der Waals surface area contributed by atoms with Crippen molar-refractivity contribution in [1.82, 2.24) is 4.90 Å². The lowest BCUT2D eigenvalue weighted by molar-refractivity contribution is -0.160. The Bertz CT molecular complexity index is 1090. The summed E-state index contributed by atoms with van der Waals surface area (Å²) >= 11 is 6.62. The van der Waals surface area contributed by atoms with E-state index in [4.69, 9.17) is 26.2 Å². The van der Waals surface area contributed by atoms with Crippen LogP contribution in [-0.4, -0.2) is 71.3 Å². The molecule has 3 heterocycles. The molecular formula is C30H41ClN2O6.